The molecular formula is C35H30Cl2N4O8. The molecule has 49 heavy (non-hydrogen) atoms. The summed E-state index contributed by atoms with van der Waals surface area (Å²) in [6.45, 7) is 0. The molecule has 0 bridgehead atoms. The lowest BCUT2D eigenvalue weighted by Crippen LogP contribution is -2.53. The van der Waals surface area contributed by atoms with Crippen molar-refractivity contribution in [2.45, 2.75) is 24.2 Å². The van der Waals surface area contributed by atoms with E-state index < -0.39 is 64.7 Å². The molecule has 3 fully saturated rings. The Kier molecular flexibility index (Phi) is 7.83. The highest BCUT2D eigenvalue weighted by atomic mass is 35.5. The number of primary amides is 1. The number of fused-ring (bicyclic) bond motifs is 4. The number of carbonyl (C=O) groups is 5. The summed E-state index contributed by atoms with van der Waals surface area (Å²) in [5, 5.41) is 12.0. The van der Waals surface area contributed by atoms with Crippen LogP contribution in [0.25, 0.3) is 0 Å². The number of nitrogens with one attached hydrogen (secondary N) is 1. The molecule has 2 heterocycles. The van der Waals surface area contributed by atoms with E-state index in [2.05, 4.69) is 5.43 Å². The average molecular weight is 706 g/mol. The van der Waals surface area contributed by atoms with Crippen LogP contribution in [0, 0.1) is 23.7 Å². The molecule has 3 aromatic rings. The number of hydrogen-bond acceptors (Lipinski definition) is 9. The van der Waals surface area contributed by atoms with Crippen molar-refractivity contribution < 1.29 is 38.6 Å². The number of allylic oxidation sites excluding steroid dienone is 2. The van der Waals surface area contributed by atoms with Crippen LogP contribution in [0.15, 0.2) is 72.3 Å². The van der Waals surface area contributed by atoms with E-state index in [9.17, 15) is 24.3 Å². The number of carbonyl (C=O) groups excluding carboxylic acids is 5. The topological polar surface area (TPSA) is 169 Å². The number of benzene rings is 3. The number of rotatable bonds is 6. The fraction of sp³-hybridized carbons (Fsp3) is 0.286. The van der Waals surface area contributed by atoms with Gasteiger partial charge in [0.2, 0.25) is 11.8 Å². The van der Waals surface area contributed by atoms with Crippen molar-refractivity contribution in [2.24, 2.45) is 29.4 Å². The summed E-state index contributed by atoms with van der Waals surface area (Å²) in [5.74, 6) is -6.69. The quantitative estimate of drug-likeness (QED) is 0.242. The van der Waals surface area contributed by atoms with E-state index in [0.29, 0.717) is 32.4 Å². The molecule has 0 radical (unpaired) electrons. The number of hydrazine groups is 1. The number of phenolic OH excluding ortho intramolecular Hbond substituents is 1. The van der Waals surface area contributed by atoms with Gasteiger partial charge in [-0.15, -0.1) is 0 Å². The van der Waals surface area contributed by atoms with Crippen LogP contribution in [0.3, 0.4) is 0 Å². The monoisotopic (exact) mass is 704 g/mol. The molecule has 1 saturated carbocycles. The first kappa shape index (κ1) is 32.5. The number of ether oxygens (including phenoxy) is 2. The Bertz CT molecular complexity index is 1980. The number of phenols is 1. The Morgan fingerprint density at radius 1 is 0.939 bits per heavy atom. The van der Waals surface area contributed by atoms with Crippen LogP contribution in [0.2, 0.25) is 10.0 Å². The van der Waals surface area contributed by atoms with E-state index in [1.165, 1.54) is 26.4 Å². The molecular weight excluding hydrogens is 675 g/mol. The zero-order valence-corrected chi connectivity index (χ0v) is 27.7. The molecule has 252 valence electrons. The van der Waals surface area contributed by atoms with E-state index in [0.717, 1.165) is 5.01 Å². The summed E-state index contributed by atoms with van der Waals surface area (Å²) >= 11 is 12.6. The van der Waals surface area contributed by atoms with Crippen LogP contribution in [-0.4, -0.2) is 58.9 Å². The van der Waals surface area contributed by atoms with E-state index in [1.54, 1.807) is 48.5 Å². The Morgan fingerprint density at radius 3 is 2.33 bits per heavy atom. The van der Waals surface area contributed by atoms with Gasteiger partial charge in [-0.1, -0.05) is 53.1 Å². The third-order valence-corrected chi connectivity index (χ3v) is 10.9. The van der Waals surface area contributed by atoms with E-state index in [4.69, 9.17) is 38.4 Å². The predicted molar refractivity (Wildman–Crippen MR) is 177 cm³/mol. The number of anilines is 1. The van der Waals surface area contributed by atoms with Crippen LogP contribution < -0.4 is 20.6 Å². The second-order valence-corrected chi connectivity index (χ2v) is 13.3. The molecule has 2 saturated heterocycles. The van der Waals surface area contributed by atoms with Crippen LogP contribution >= 0.6 is 23.2 Å². The van der Waals surface area contributed by atoms with Gasteiger partial charge in [0.05, 0.1) is 48.1 Å². The number of hydrogen-bond donors (Lipinski definition) is 3. The van der Waals surface area contributed by atoms with Gasteiger partial charge in [-0.25, -0.2) is 4.79 Å². The lowest BCUT2D eigenvalue weighted by molar-refractivity contribution is -0.139. The highest BCUT2D eigenvalue weighted by molar-refractivity contribution is 6.36. The lowest BCUT2D eigenvalue weighted by Gasteiger charge is -2.50. The van der Waals surface area contributed by atoms with Crippen molar-refractivity contribution in [3.05, 3.63) is 93.5 Å². The minimum atomic E-state index is -1.61. The molecule has 4 N–H and O–H groups in total. The third-order valence-electron chi connectivity index (χ3n) is 10.3. The molecule has 2 aliphatic heterocycles. The standard InChI is InChI=1S/C35H30Cl2N4O8/c1-48-19-7-4-17(5-8-19)35-23(31(44)41(33(35)46)39-25-11-6-18(36)14-24(25)37)15-22-20(29(35)16-3-12-26(42)27(13-16)49-2)9-10-21-28(22)32(45)40(30(21)43)34(38)47/h3-9,11-14,21-23,28-29,39,42H,10,15H2,1-2H3,(H2,38,47). The van der Waals surface area contributed by atoms with Gasteiger partial charge in [0.25, 0.3) is 11.8 Å². The highest BCUT2D eigenvalue weighted by Crippen LogP contribution is 2.64. The Hall–Kier alpha value is -5.07. The number of nitrogens with zero attached hydrogens (tertiary/aromatic N) is 2. The second kappa shape index (κ2) is 11.8. The van der Waals surface area contributed by atoms with Crippen molar-refractivity contribution in [1.82, 2.24) is 9.91 Å². The molecule has 0 aromatic heterocycles. The van der Waals surface area contributed by atoms with Gasteiger partial charge in [0.15, 0.2) is 11.5 Å². The van der Waals surface area contributed by atoms with Crippen LogP contribution in [0.5, 0.6) is 17.2 Å². The molecule has 6 unspecified atom stereocenters. The zero-order chi connectivity index (χ0) is 34.9. The number of urea groups is 1. The molecule has 7 rings (SSSR count). The number of likely N-dealkylation sites (tertiary alicyclic amines) is 1. The SMILES string of the molecule is COc1ccc(C23C(=O)N(Nc4ccc(Cl)cc4Cl)C(=O)C2CC2C(=CCC4C(=O)N(C(N)=O)C(=O)C42)C3c2ccc(O)c(OC)c2)cc1. The predicted octanol–water partition coefficient (Wildman–Crippen LogP) is 4.78. The summed E-state index contributed by atoms with van der Waals surface area (Å²) in [6, 6.07) is 14.9. The first-order chi connectivity index (χ1) is 23.4. The molecule has 0 spiro atoms. The molecule has 14 heteroatoms. The molecule has 4 aliphatic rings. The molecule has 6 atom stereocenters. The van der Waals surface area contributed by atoms with Gasteiger partial charge in [-0.05, 0) is 72.4 Å². The summed E-state index contributed by atoms with van der Waals surface area (Å²) < 4.78 is 10.9. The van der Waals surface area contributed by atoms with Crippen molar-refractivity contribution in [3.8, 4) is 17.2 Å². The van der Waals surface area contributed by atoms with Gasteiger partial charge in [0, 0.05) is 10.9 Å². The number of halogens is 2. The maximum Gasteiger partial charge on any atom is 0.328 e. The molecule has 2 aliphatic carbocycles. The zero-order valence-electron chi connectivity index (χ0n) is 26.2. The largest absolute Gasteiger partial charge is 0.504 e. The smallest absolute Gasteiger partial charge is 0.328 e. The van der Waals surface area contributed by atoms with Gasteiger partial charge >= 0.3 is 6.03 Å². The van der Waals surface area contributed by atoms with E-state index in [1.807, 2.05) is 6.08 Å². The third kappa shape index (κ3) is 4.68. The first-order valence-corrected chi connectivity index (χ1v) is 16.2. The molecule has 3 aromatic carbocycles. The first-order valence-electron chi connectivity index (χ1n) is 15.4. The summed E-state index contributed by atoms with van der Waals surface area (Å²) in [5.41, 5.74) is 8.69. The normalized spacial score (nSPS) is 27.3. The van der Waals surface area contributed by atoms with Gasteiger partial charge in [-0.2, -0.15) is 9.91 Å². The second-order valence-electron chi connectivity index (χ2n) is 12.5. The fourth-order valence-electron chi connectivity index (χ4n) is 8.31. The van der Waals surface area contributed by atoms with Crippen molar-refractivity contribution >= 4 is 58.5 Å². The molecule has 6 amide bonds. The van der Waals surface area contributed by atoms with E-state index in [-0.39, 0.29) is 35.1 Å². The van der Waals surface area contributed by atoms with Gasteiger partial charge in [0.1, 0.15) is 5.75 Å². The van der Waals surface area contributed by atoms with Crippen molar-refractivity contribution in [1.29, 1.82) is 0 Å². The number of aromatic hydroxyl groups is 1. The van der Waals surface area contributed by atoms with Crippen LogP contribution in [-0.2, 0) is 24.6 Å². The summed E-state index contributed by atoms with van der Waals surface area (Å²) in [7, 11) is 2.90. The average Bonchev–Trinajstić information content (AvgIpc) is 3.47. The molecule has 12 nitrogen and oxygen atoms in total. The van der Waals surface area contributed by atoms with Gasteiger partial charge < -0.3 is 20.3 Å². The van der Waals surface area contributed by atoms with Crippen molar-refractivity contribution in [2.75, 3.05) is 19.6 Å². The Balaban J connectivity index is 1.48. The van der Waals surface area contributed by atoms with Gasteiger partial charge in [-0.3, -0.25) is 24.6 Å². The number of imide groups is 4. The maximum absolute atomic E-state index is 15.2. The van der Waals surface area contributed by atoms with E-state index >= 15 is 4.79 Å². The summed E-state index contributed by atoms with van der Waals surface area (Å²) in [4.78, 5) is 69.7. The summed E-state index contributed by atoms with van der Waals surface area (Å²) in [6.07, 6.45) is 1.93. The lowest BCUT2D eigenvalue weighted by atomic mass is 9.49. The fourth-order valence-corrected chi connectivity index (χ4v) is 8.76. The number of methoxy groups -OCH3 is 2. The maximum atomic E-state index is 15.2. The van der Waals surface area contributed by atoms with Crippen LogP contribution in [0.4, 0.5) is 10.5 Å². The Morgan fingerprint density at radius 2 is 1.67 bits per heavy atom. The minimum absolute atomic E-state index is 0.00648. The highest BCUT2D eigenvalue weighted by Gasteiger charge is 2.70. The number of amides is 6. The van der Waals surface area contributed by atoms with Crippen molar-refractivity contribution in [3.63, 3.8) is 0 Å². The number of nitrogens with two attached hydrogens (primary N) is 1. The Labute approximate surface area is 290 Å². The minimum Gasteiger partial charge on any atom is -0.504 e. The van der Waals surface area contributed by atoms with Crippen LogP contribution in [0.1, 0.15) is 29.9 Å².